The number of hydrogen-bond acceptors (Lipinski definition) is 2. The zero-order valence-electron chi connectivity index (χ0n) is 9.13. The Morgan fingerprint density at radius 1 is 1.31 bits per heavy atom. The predicted octanol–water partition coefficient (Wildman–Crippen LogP) is 1.85. The summed E-state index contributed by atoms with van der Waals surface area (Å²) in [6.45, 7) is 7.96. The molecule has 1 fully saturated rings. The fourth-order valence-electron chi connectivity index (χ4n) is 2.28. The average Bonchev–Trinajstić information content (AvgIpc) is 2.07. The van der Waals surface area contributed by atoms with Crippen LogP contribution in [0.2, 0.25) is 0 Å². The van der Waals surface area contributed by atoms with E-state index in [1.807, 2.05) is 0 Å². The molecule has 0 saturated carbocycles. The molecule has 0 spiro atoms. The van der Waals surface area contributed by atoms with Crippen molar-refractivity contribution in [2.45, 2.75) is 45.6 Å². The van der Waals surface area contributed by atoms with Crippen molar-refractivity contribution in [1.82, 2.24) is 4.90 Å². The average molecular weight is 184 g/mol. The summed E-state index contributed by atoms with van der Waals surface area (Å²) in [6, 6.07) is 0.665. The van der Waals surface area contributed by atoms with E-state index in [2.05, 4.69) is 18.7 Å². The minimum Gasteiger partial charge on any atom is -0.329 e. The molecule has 78 valence electrons. The number of nitrogens with two attached hydrogens (primary N) is 1. The largest absolute Gasteiger partial charge is 0.329 e. The topological polar surface area (TPSA) is 29.3 Å². The van der Waals surface area contributed by atoms with E-state index in [-0.39, 0.29) is 0 Å². The number of hydrogen-bond donors (Lipinski definition) is 1. The molecule has 2 nitrogen and oxygen atoms in total. The van der Waals surface area contributed by atoms with Gasteiger partial charge in [0, 0.05) is 25.7 Å². The lowest BCUT2D eigenvalue weighted by molar-refractivity contribution is 0.0469. The molecule has 1 rings (SSSR count). The Morgan fingerprint density at radius 2 is 2.00 bits per heavy atom. The molecule has 0 aromatic rings. The molecular weight excluding hydrogens is 160 g/mol. The van der Waals surface area contributed by atoms with Crippen LogP contribution in [0.15, 0.2) is 0 Å². The van der Waals surface area contributed by atoms with Crippen LogP contribution >= 0.6 is 0 Å². The lowest BCUT2D eigenvalue weighted by Crippen LogP contribution is -2.54. The Balaban J connectivity index is 2.16. The first-order valence-electron chi connectivity index (χ1n) is 5.75. The van der Waals surface area contributed by atoms with E-state index in [0.29, 0.717) is 6.04 Å². The van der Waals surface area contributed by atoms with Crippen molar-refractivity contribution in [1.29, 1.82) is 0 Å². The van der Waals surface area contributed by atoms with E-state index in [1.165, 1.54) is 38.8 Å². The molecule has 2 heteroatoms. The van der Waals surface area contributed by atoms with E-state index in [0.717, 1.165) is 12.5 Å². The van der Waals surface area contributed by atoms with Crippen LogP contribution in [-0.2, 0) is 0 Å². The Hall–Kier alpha value is -0.0800. The summed E-state index contributed by atoms with van der Waals surface area (Å²) in [6.07, 6.45) is 5.27. The molecule has 0 aromatic carbocycles. The normalized spacial score (nSPS) is 21.5. The maximum absolute atomic E-state index is 5.75. The maximum Gasteiger partial charge on any atom is 0.0218 e. The second kappa shape index (κ2) is 5.61. The number of nitrogens with zero attached hydrogens (tertiary/aromatic N) is 1. The first kappa shape index (κ1) is 11.0. The third-order valence-corrected chi connectivity index (χ3v) is 3.09. The fraction of sp³-hybridized carbons (Fsp3) is 1.00. The van der Waals surface area contributed by atoms with Gasteiger partial charge in [-0.2, -0.15) is 0 Å². The molecular formula is C11H24N2. The summed E-state index contributed by atoms with van der Waals surface area (Å²) >= 11 is 0. The zero-order valence-corrected chi connectivity index (χ0v) is 9.13. The Morgan fingerprint density at radius 3 is 2.46 bits per heavy atom. The first-order valence-corrected chi connectivity index (χ1v) is 5.75. The van der Waals surface area contributed by atoms with Crippen LogP contribution in [0, 0.1) is 5.92 Å². The van der Waals surface area contributed by atoms with Crippen molar-refractivity contribution < 1.29 is 0 Å². The molecule has 1 aliphatic rings. The Bertz CT molecular complexity index is 130. The molecule has 1 aliphatic heterocycles. The third kappa shape index (κ3) is 2.96. The molecule has 1 heterocycles. The van der Waals surface area contributed by atoms with E-state index in [9.17, 15) is 0 Å². The van der Waals surface area contributed by atoms with Crippen molar-refractivity contribution in [3.63, 3.8) is 0 Å². The Labute approximate surface area is 82.5 Å². The minimum atomic E-state index is 0.665. The van der Waals surface area contributed by atoms with Gasteiger partial charge in [-0.05, 0) is 18.8 Å². The van der Waals surface area contributed by atoms with Gasteiger partial charge in [0.25, 0.3) is 0 Å². The van der Waals surface area contributed by atoms with Crippen LogP contribution in [0.5, 0.6) is 0 Å². The van der Waals surface area contributed by atoms with Crippen LogP contribution in [-0.4, -0.2) is 30.6 Å². The van der Waals surface area contributed by atoms with Gasteiger partial charge in [-0.1, -0.05) is 26.7 Å². The van der Waals surface area contributed by atoms with Crippen LogP contribution in [0.1, 0.15) is 39.5 Å². The van der Waals surface area contributed by atoms with E-state index in [1.54, 1.807) is 0 Å². The van der Waals surface area contributed by atoms with Gasteiger partial charge in [-0.15, -0.1) is 0 Å². The van der Waals surface area contributed by atoms with Crippen LogP contribution < -0.4 is 5.73 Å². The highest BCUT2D eigenvalue weighted by atomic mass is 15.2. The highest BCUT2D eigenvalue weighted by molar-refractivity contribution is 4.85. The molecule has 0 aromatic heterocycles. The van der Waals surface area contributed by atoms with Crippen LogP contribution in [0.25, 0.3) is 0 Å². The zero-order chi connectivity index (χ0) is 9.68. The Kier molecular flexibility index (Phi) is 4.74. The molecule has 2 N–H and O–H groups in total. The van der Waals surface area contributed by atoms with E-state index >= 15 is 0 Å². The lowest BCUT2D eigenvalue weighted by atomic mass is 9.92. The SMILES string of the molecule is CCCC1CN(C(CN)CCC)C1. The molecule has 0 aliphatic carbocycles. The molecule has 1 unspecified atom stereocenters. The summed E-state index contributed by atoms with van der Waals surface area (Å²) in [7, 11) is 0. The van der Waals surface area contributed by atoms with Crippen molar-refractivity contribution in [2.75, 3.05) is 19.6 Å². The second-order valence-electron chi connectivity index (χ2n) is 4.29. The molecule has 0 bridgehead atoms. The van der Waals surface area contributed by atoms with Crippen molar-refractivity contribution in [3.05, 3.63) is 0 Å². The minimum absolute atomic E-state index is 0.665. The van der Waals surface area contributed by atoms with E-state index < -0.39 is 0 Å². The van der Waals surface area contributed by atoms with Crippen LogP contribution in [0.4, 0.5) is 0 Å². The van der Waals surface area contributed by atoms with Crippen molar-refractivity contribution in [2.24, 2.45) is 11.7 Å². The molecule has 0 radical (unpaired) electrons. The first-order chi connectivity index (χ1) is 6.31. The summed E-state index contributed by atoms with van der Waals surface area (Å²) in [5, 5.41) is 0. The monoisotopic (exact) mass is 184 g/mol. The second-order valence-corrected chi connectivity index (χ2v) is 4.29. The van der Waals surface area contributed by atoms with Gasteiger partial charge in [-0.3, -0.25) is 4.90 Å². The highest BCUT2D eigenvalue weighted by Gasteiger charge is 2.30. The van der Waals surface area contributed by atoms with Crippen LogP contribution in [0.3, 0.4) is 0 Å². The molecule has 1 saturated heterocycles. The summed E-state index contributed by atoms with van der Waals surface area (Å²) in [5.41, 5.74) is 5.75. The van der Waals surface area contributed by atoms with Crippen molar-refractivity contribution >= 4 is 0 Å². The quantitative estimate of drug-likeness (QED) is 0.682. The molecule has 13 heavy (non-hydrogen) atoms. The van der Waals surface area contributed by atoms with Gasteiger partial charge < -0.3 is 5.73 Å². The predicted molar refractivity (Wildman–Crippen MR) is 57.7 cm³/mol. The molecule has 0 amide bonds. The van der Waals surface area contributed by atoms with Gasteiger partial charge >= 0.3 is 0 Å². The smallest absolute Gasteiger partial charge is 0.0218 e. The third-order valence-electron chi connectivity index (χ3n) is 3.09. The van der Waals surface area contributed by atoms with Gasteiger partial charge in [0.2, 0.25) is 0 Å². The van der Waals surface area contributed by atoms with E-state index in [4.69, 9.17) is 5.73 Å². The fourth-order valence-corrected chi connectivity index (χ4v) is 2.28. The van der Waals surface area contributed by atoms with Gasteiger partial charge in [0.05, 0.1) is 0 Å². The van der Waals surface area contributed by atoms with Gasteiger partial charge in [-0.25, -0.2) is 0 Å². The maximum atomic E-state index is 5.75. The lowest BCUT2D eigenvalue weighted by Gasteiger charge is -2.44. The summed E-state index contributed by atoms with van der Waals surface area (Å²) < 4.78 is 0. The molecule has 1 atom stereocenters. The highest BCUT2D eigenvalue weighted by Crippen LogP contribution is 2.23. The summed E-state index contributed by atoms with van der Waals surface area (Å²) in [4.78, 5) is 2.56. The van der Waals surface area contributed by atoms with Gasteiger partial charge in [0.1, 0.15) is 0 Å². The number of rotatable bonds is 6. The van der Waals surface area contributed by atoms with Gasteiger partial charge in [0.15, 0.2) is 0 Å². The standard InChI is InChI=1S/C11H24N2/c1-3-5-10-8-13(9-10)11(7-12)6-4-2/h10-11H,3-9,12H2,1-2H3. The number of likely N-dealkylation sites (tertiary alicyclic amines) is 1. The van der Waals surface area contributed by atoms with Crippen molar-refractivity contribution in [3.8, 4) is 0 Å². The summed E-state index contributed by atoms with van der Waals surface area (Å²) in [5.74, 6) is 0.968.